The monoisotopic (exact) mass is 337 g/mol. The smallest absolute Gasteiger partial charge is 0.337 e. The third-order valence-corrected chi connectivity index (χ3v) is 3.44. The highest BCUT2D eigenvalue weighted by molar-refractivity contribution is 5.94. The predicted octanol–water partition coefficient (Wildman–Crippen LogP) is 2.45. The standard InChI is InChI=1S/C17H15N5O3/c1-25-13-8-6-12(7-9-13)22-16(19-20-21-22)10-11-18-15-5-3-2-4-14(15)17(23)24/h2-11,18H,1H3,(H,23,24). The molecular weight excluding hydrogens is 322 g/mol. The van der Waals surface area contributed by atoms with E-state index in [0.29, 0.717) is 11.5 Å². The van der Waals surface area contributed by atoms with Gasteiger partial charge in [0.15, 0.2) is 5.82 Å². The number of nitrogens with one attached hydrogen (secondary N) is 1. The number of hydrogen-bond acceptors (Lipinski definition) is 6. The zero-order chi connectivity index (χ0) is 17.6. The van der Waals surface area contributed by atoms with Gasteiger partial charge in [0.25, 0.3) is 0 Å². The van der Waals surface area contributed by atoms with Crippen molar-refractivity contribution in [2.75, 3.05) is 12.4 Å². The third kappa shape index (κ3) is 3.63. The summed E-state index contributed by atoms with van der Waals surface area (Å²) in [6.07, 6.45) is 3.25. The van der Waals surface area contributed by atoms with Crippen LogP contribution < -0.4 is 10.1 Å². The first-order valence-electron chi connectivity index (χ1n) is 7.37. The number of aromatic carboxylic acids is 1. The molecule has 8 nitrogen and oxygen atoms in total. The van der Waals surface area contributed by atoms with E-state index >= 15 is 0 Å². The molecule has 126 valence electrons. The highest BCUT2D eigenvalue weighted by atomic mass is 16.5. The lowest BCUT2D eigenvalue weighted by atomic mass is 10.2. The van der Waals surface area contributed by atoms with E-state index in [1.807, 2.05) is 24.3 Å². The molecule has 0 radical (unpaired) electrons. The highest BCUT2D eigenvalue weighted by Crippen LogP contribution is 2.17. The number of carboxylic acids is 1. The van der Waals surface area contributed by atoms with Gasteiger partial charge in [0.05, 0.1) is 24.0 Å². The fourth-order valence-corrected chi connectivity index (χ4v) is 2.21. The highest BCUT2D eigenvalue weighted by Gasteiger charge is 2.08. The van der Waals surface area contributed by atoms with Crippen molar-refractivity contribution < 1.29 is 14.6 Å². The molecule has 2 N–H and O–H groups in total. The van der Waals surface area contributed by atoms with Crippen LogP contribution in [-0.2, 0) is 0 Å². The molecule has 1 heterocycles. The van der Waals surface area contributed by atoms with Crippen LogP contribution in [-0.4, -0.2) is 38.4 Å². The van der Waals surface area contributed by atoms with Crippen LogP contribution in [0.15, 0.2) is 54.7 Å². The number of nitrogens with zero attached hydrogens (tertiary/aromatic N) is 4. The van der Waals surface area contributed by atoms with E-state index in [2.05, 4.69) is 20.8 Å². The van der Waals surface area contributed by atoms with Gasteiger partial charge < -0.3 is 15.2 Å². The molecule has 0 aliphatic heterocycles. The molecule has 0 spiro atoms. The molecule has 25 heavy (non-hydrogen) atoms. The van der Waals surface area contributed by atoms with E-state index in [1.54, 1.807) is 42.3 Å². The molecule has 2 aromatic carbocycles. The number of ether oxygens (including phenoxy) is 1. The minimum Gasteiger partial charge on any atom is -0.497 e. The zero-order valence-corrected chi connectivity index (χ0v) is 13.3. The summed E-state index contributed by atoms with van der Waals surface area (Å²) < 4.78 is 6.68. The number of para-hydroxylation sites is 1. The maximum atomic E-state index is 11.2. The number of rotatable bonds is 6. The Labute approximate surface area is 143 Å². The molecule has 0 aliphatic carbocycles. The summed E-state index contributed by atoms with van der Waals surface area (Å²) in [5.74, 6) is 0.228. The van der Waals surface area contributed by atoms with Crippen LogP contribution >= 0.6 is 0 Å². The second-order valence-corrected chi connectivity index (χ2v) is 4.98. The van der Waals surface area contributed by atoms with Gasteiger partial charge in [-0.25, -0.2) is 4.79 Å². The molecule has 0 aliphatic rings. The Morgan fingerprint density at radius 3 is 2.68 bits per heavy atom. The Bertz CT molecular complexity index is 903. The number of carboxylic acid groups (broad SMARTS) is 1. The number of aromatic nitrogens is 4. The minimum absolute atomic E-state index is 0.182. The largest absolute Gasteiger partial charge is 0.497 e. The quantitative estimate of drug-likeness (QED) is 0.712. The topological polar surface area (TPSA) is 102 Å². The fourth-order valence-electron chi connectivity index (χ4n) is 2.21. The summed E-state index contributed by atoms with van der Waals surface area (Å²) in [7, 11) is 1.60. The van der Waals surface area contributed by atoms with Crippen LogP contribution in [0.3, 0.4) is 0 Å². The van der Waals surface area contributed by atoms with Crippen molar-refractivity contribution in [2.45, 2.75) is 0 Å². The van der Waals surface area contributed by atoms with E-state index in [-0.39, 0.29) is 5.56 Å². The Balaban J connectivity index is 1.79. The minimum atomic E-state index is -1.00. The van der Waals surface area contributed by atoms with Crippen molar-refractivity contribution in [2.24, 2.45) is 0 Å². The summed E-state index contributed by atoms with van der Waals surface area (Å²) in [5, 5.41) is 23.7. The molecule has 0 fully saturated rings. The van der Waals surface area contributed by atoms with Crippen LogP contribution in [0.2, 0.25) is 0 Å². The maximum absolute atomic E-state index is 11.2. The Morgan fingerprint density at radius 1 is 1.20 bits per heavy atom. The molecule has 3 rings (SSSR count). The Morgan fingerprint density at radius 2 is 1.96 bits per heavy atom. The van der Waals surface area contributed by atoms with Gasteiger partial charge in [0.2, 0.25) is 0 Å². The van der Waals surface area contributed by atoms with Crippen molar-refractivity contribution in [1.29, 1.82) is 0 Å². The summed E-state index contributed by atoms with van der Waals surface area (Å²) in [5.41, 5.74) is 1.44. The zero-order valence-electron chi connectivity index (χ0n) is 13.3. The predicted molar refractivity (Wildman–Crippen MR) is 91.8 cm³/mol. The van der Waals surface area contributed by atoms with Crippen molar-refractivity contribution in [3.63, 3.8) is 0 Å². The molecule has 0 bridgehead atoms. The lowest BCUT2D eigenvalue weighted by Crippen LogP contribution is -2.02. The summed E-state index contributed by atoms with van der Waals surface area (Å²) in [6.45, 7) is 0. The van der Waals surface area contributed by atoms with Crippen LogP contribution in [0.4, 0.5) is 5.69 Å². The Hall–Kier alpha value is -3.68. The van der Waals surface area contributed by atoms with Gasteiger partial charge in [-0.3, -0.25) is 0 Å². The summed E-state index contributed by atoms with van der Waals surface area (Å²) >= 11 is 0. The second-order valence-electron chi connectivity index (χ2n) is 4.98. The van der Waals surface area contributed by atoms with Crippen LogP contribution in [0.1, 0.15) is 16.2 Å². The molecule has 0 atom stereocenters. The first-order chi connectivity index (χ1) is 12.2. The number of anilines is 1. The average molecular weight is 337 g/mol. The number of benzene rings is 2. The van der Waals surface area contributed by atoms with Gasteiger partial charge in [0.1, 0.15) is 5.75 Å². The van der Waals surface area contributed by atoms with E-state index in [4.69, 9.17) is 4.74 Å². The van der Waals surface area contributed by atoms with E-state index in [1.165, 1.54) is 6.07 Å². The second kappa shape index (κ2) is 7.26. The van der Waals surface area contributed by atoms with Crippen molar-refractivity contribution in [3.05, 3.63) is 66.1 Å². The number of carbonyl (C=O) groups is 1. The van der Waals surface area contributed by atoms with Gasteiger partial charge in [-0.2, -0.15) is 4.68 Å². The summed E-state index contributed by atoms with van der Waals surface area (Å²) in [4.78, 5) is 11.2. The number of tetrazole rings is 1. The van der Waals surface area contributed by atoms with Crippen LogP contribution in [0, 0.1) is 0 Å². The van der Waals surface area contributed by atoms with E-state index in [0.717, 1.165) is 11.4 Å². The van der Waals surface area contributed by atoms with Crippen molar-refractivity contribution in [3.8, 4) is 11.4 Å². The number of methoxy groups -OCH3 is 1. The SMILES string of the molecule is COc1ccc(-n2nnnc2C=CNc2ccccc2C(=O)O)cc1. The average Bonchev–Trinajstić information content (AvgIpc) is 3.10. The molecule has 1 aromatic heterocycles. The van der Waals surface area contributed by atoms with Gasteiger partial charge in [-0.1, -0.05) is 12.1 Å². The summed E-state index contributed by atoms with van der Waals surface area (Å²) in [6, 6.07) is 13.9. The number of hydrogen-bond donors (Lipinski definition) is 2. The normalized spacial score (nSPS) is 10.8. The molecule has 0 unspecified atom stereocenters. The van der Waals surface area contributed by atoms with Crippen molar-refractivity contribution in [1.82, 2.24) is 20.2 Å². The van der Waals surface area contributed by atoms with E-state index in [9.17, 15) is 9.90 Å². The third-order valence-electron chi connectivity index (χ3n) is 3.44. The first-order valence-corrected chi connectivity index (χ1v) is 7.37. The van der Waals surface area contributed by atoms with Crippen LogP contribution in [0.5, 0.6) is 5.75 Å². The lowest BCUT2D eigenvalue weighted by Gasteiger charge is -2.05. The van der Waals surface area contributed by atoms with Crippen LogP contribution in [0.25, 0.3) is 11.8 Å². The maximum Gasteiger partial charge on any atom is 0.337 e. The molecule has 0 amide bonds. The fraction of sp³-hybridized carbons (Fsp3) is 0.0588. The lowest BCUT2D eigenvalue weighted by molar-refractivity contribution is 0.0698. The van der Waals surface area contributed by atoms with E-state index < -0.39 is 5.97 Å². The molecule has 0 saturated carbocycles. The molecule has 0 saturated heterocycles. The molecule has 3 aromatic rings. The van der Waals surface area contributed by atoms with Gasteiger partial charge >= 0.3 is 5.97 Å². The van der Waals surface area contributed by atoms with Gasteiger partial charge in [-0.05, 0) is 46.8 Å². The molecular formula is C17H15N5O3. The van der Waals surface area contributed by atoms with Gasteiger partial charge in [0, 0.05) is 12.3 Å². The van der Waals surface area contributed by atoms with Gasteiger partial charge in [-0.15, -0.1) is 5.10 Å². The Kier molecular flexibility index (Phi) is 4.70. The molecule has 8 heteroatoms. The first kappa shape index (κ1) is 16.2. The van der Waals surface area contributed by atoms with Crippen molar-refractivity contribution >= 4 is 17.7 Å².